The minimum atomic E-state index is -0.265. The van der Waals surface area contributed by atoms with E-state index in [2.05, 4.69) is 20.8 Å². The predicted octanol–water partition coefficient (Wildman–Crippen LogP) is 4.71. The second-order valence-electron chi connectivity index (χ2n) is 5.48. The zero-order chi connectivity index (χ0) is 17.6. The van der Waals surface area contributed by atoms with Crippen molar-refractivity contribution in [1.29, 1.82) is 0 Å². The summed E-state index contributed by atoms with van der Waals surface area (Å²) in [6.45, 7) is 3.88. The highest BCUT2D eigenvalue weighted by Crippen LogP contribution is 2.30. The smallest absolute Gasteiger partial charge is 0.237 e. The third kappa shape index (κ3) is 5.04. The molecule has 0 aliphatic rings. The highest BCUT2D eigenvalue weighted by atomic mass is 32.2. The lowest BCUT2D eigenvalue weighted by molar-refractivity contribution is -0.115. The van der Waals surface area contributed by atoms with Gasteiger partial charge in [-0.15, -0.1) is 10.2 Å². The third-order valence-electron chi connectivity index (χ3n) is 3.40. The molecule has 0 bridgehead atoms. The van der Waals surface area contributed by atoms with Crippen LogP contribution in [0, 0.1) is 6.92 Å². The van der Waals surface area contributed by atoms with Crippen LogP contribution in [0.4, 0.5) is 16.5 Å². The fourth-order valence-corrected chi connectivity index (χ4v) is 3.95. The summed E-state index contributed by atoms with van der Waals surface area (Å²) in [5.74, 6) is -0.0541. The summed E-state index contributed by atoms with van der Waals surface area (Å²) in [7, 11) is 0. The number of hydrogen-bond donors (Lipinski definition) is 2. The maximum Gasteiger partial charge on any atom is 0.237 e. The average molecular weight is 371 g/mol. The number of carbonyl (C=O) groups is 1. The molecule has 0 spiro atoms. The molecule has 1 atom stereocenters. The molecule has 128 valence electrons. The Morgan fingerprint density at radius 1 is 1.04 bits per heavy atom. The minimum Gasteiger partial charge on any atom is -0.330 e. The van der Waals surface area contributed by atoms with Gasteiger partial charge < -0.3 is 10.6 Å². The van der Waals surface area contributed by atoms with E-state index in [1.54, 1.807) is 0 Å². The molecule has 0 saturated heterocycles. The first-order valence-corrected chi connectivity index (χ1v) is 9.49. The van der Waals surface area contributed by atoms with Gasteiger partial charge in [0.15, 0.2) is 4.34 Å². The maximum atomic E-state index is 12.3. The Kier molecular flexibility index (Phi) is 5.67. The normalized spacial score (nSPS) is 11.8. The summed E-state index contributed by atoms with van der Waals surface area (Å²) < 4.78 is 0.755. The number of amides is 1. The van der Waals surface area contributed by atoms with E-state index < -0.39 is 0 Å². The number of thioether (sulfide) groups is 1. The zero-order valence-electron chi connectivity index (χ0n) is 13.9. The number of hydrogen-bond acceptors (Lipinski definition) is 6. The molecular weight excluding hydrogens is 352 g/mol. The largest absolute Gasteiger partial charge is 0.330 e. The molecule has 0 aliphatic carbocycles. The molecule has 0 radical (unpaired) electrons. The number of anilines is 3. The lowest BCUT2D eigenvalue weighted by Crippen LogP contribution is -2.22. The molecule has 3 rings (SSSR count). The molecule has 0 unspecified atom stereocenters. The van der Waals surface area contributed by atoms with Crippen LogP contribution in [0.2, 0.25) is 0 Å². The Morgan fingerprint density at radius 2 is 1.76 bits per heavy atom. The van der Waals surface area contributed by atoms with Gasteiger partial charge in [0.05, 0.1) is 5.25 Å². The Bertz CT molecular complexity index is 834. The molecule has 1 amide bonds. The average Bonchev–Trinajstić information content (AvgIpc) is 3.04. The number of aromatic nitrogens is 2. The second kappa shape index (κ2) is 8.13. The molecule has 0 fully saturated rings. The number of benzene rings is 2. The number of rotatable bonds is 6. The van der Waals surface area contributed by atoms with Crippen LogP contribution in [0.15, 0.2) is 58.9 Å². The molecule has 25 heavy (non-hydrogen) atoms. The molecule has 3 aromatic rings. The van der Waals surface area contributed by atoms with Crippen molar-refractivity contribution in [2.24, 2.45) is 0 Å². The molecule has 0 saturated carbocycles. The summed E-state index contributed by atoms with van der Waals surface area (Å²) in [5, 5.41) is 14.8. The summed E-state index contributed by atoms with van der Waals surface area (Å²) >= 11 is 2.83. The lowest BCUT2D eigenvalue weighted by atomic mass is 10.2. The van der Waals surface area contributed by atoms with Crippen molar-refractivity contribution in [1.82, 2.24) is 10.2 Å². The molecule has 5 nitrogen and oxygen atoms in total. The first-order chi connectivity index (χ1) is 12.1. The van der Waals surface area contributed by atoms with Crippen molar-refractivity contribution < 1.29 is 4.79 Å². The van der Waals surface area contributed by atoms with E-state index in [4.69, 9.17) is 0 Å². The fraction of sp³-hybridized carbons (Fsp3) is 0.167. The first-order valence-electron chi connectivity index (χ1n) is 7.80. The highest BCUT2D eigenvalue weighted by Gasteiger charge is 2.17. The van der Waals surface area contributed by atoms with Gasteiger partial charge in [0.25, 0.3) is 0 Å². The predicted molar refractivity (Wildman–Crippen MR) is 105 cm³/mol. The summed E-state index contributed by atoms with van der Waals surface area (Å²) in [5.41, 5.74) is 2.92. The summed E-state index contributed by atoms with van der Waals surface area (Å²) in [6, 6.07) is 17.5. The molecule has 0 aliphatic heterocycles. The van der Waals surface area contributed by atoms with Crippen molar-refractivity contribution in [3.8, 4) is 0 Å². The van der Waals surface area contributed by atoms with Crippen molar-refractivity contribution in [2.75, 3.05) is 10.6 Å². The molecule has 2 aromatic carbocycles. The van der Waals surface area contributed by atoms with Gasteiger partial charge in [-0.1, -0.05) is 59.0 Å². The Balaban J connectivity index is 1.56. The number of para-hydroxylation sites is 1. The van der Waals surface area contributed by atoms with Gasteiger partial charge in [-0.05, 0) is 38.1 Å². The van der Waals surface area contributed by atoms with Crippen LogP contribution >= 0.6 is 23.1 Å². The number of aryl methyl sites for hydroxylation is 1. The zero-order valence-corrected chi connectivity index (χ0v) is 15.5. The molecule has 1 heterocycles. The summed E-state index contributed by atoms with van der Waals surface area (Å²) in [6.07, 6.45) is 0. The van der Waals surface area contributed by atoms with E-state index in [-0.39, 0.29) is 11.2 Å². The van der Waals surface area contributed by atoms with Crippen molar-refractivity contribution >= 4 is 45.5 Å². The van der Waals surface area contributed by atoms with Crippen LogP contribution < -0.4 is 10.6 Å². The Morgan fingerprint density at radius 3 is 2.48 bits per heavy atom. The maximum absolute atomic E-state index is 12.3. The topological polar surface area (TPSA) is 66.9 Å². The van der Waals surface area contributed by atoms with E-state index in [0.29, 0.717) is 5.13 Å². The number of carbonyl (C=O) groups excluding carboxylic acids is 1. The van der Waals surface area contributed by atoms with E-state index in [9.17, 15) is 4.79 Å². The van der Waals surface area contributed by atoms with Crippen LogP contribution in [0.1, 0.15) is 12.5 Å². The number of nitrogens with one attached hydrogen (secondary N) is 2. The van der Waals surface area contributed by atoms with Gasteiger partial charge in [-0.25, -0.2) is 0 Å². The Labute approximate surface area is 154 Å². The van der Waals surface area contributed by atoms with Crippen molar-refractivity contribution in [3.63, 3.8) is 0 Å². The van der Waals surface area contributed by atoms with Crippen molar-refractivity contribution in [2.45, 2.75) is 23.4 Å². The summed E-state index contributed by atoms with van der Waals surface area (Å²) in [4.78, 5) is 12.3. The monoisotopic (exact) mass is 370 g/mol. The van der Waals surface area contributed by atoms with E-state index in [1.807, 2.05) is 68.4 Å². The third-order valence-corrected chi connectivity index (χ3v) is 5.42. The van der Waals surface area contributed by atoms with Crippen LogP contribution in [-0.2, 0) is 4.79 Å². The quantitative estimate of drug-likeness (QED) is 0.615. The van der Waals surface area contributed by atoms with Gasteiger partial charge in [-0.2, -0.15) is 0 Å². The molecule has 1 aromatic heterocycles. The minimum absolute atomic E-state index is 0.0541. The van der Waals surface area contributed by atoms with Crippen LogP contribution in [-0.4, -0.2) is 21.4 Å². The Hall–Kier alpha value is -2.38. The van der Waals surface area contributed by atoms with Gasteiger partial charge in [0.2, 0.25) is 11.0 Å². The van der Waals surface area contributed by atoms with Gasteiger partial charge in [-0.3, -0.25) is 4.79 Å². The van der Waals surface area contributed by atoms with Crippen LogP contribution in [0.5, 0.6) is 0 Å². The second-order valence-corrected chi connectivity index (χ2v) is 8.04. The molecule has 2 N–H and O–H groups in total. The van der Waals surface area contributed by atoms with E-state index >= 15 is 0 Å². The standard InChI is InChI=1S/C18H18N4OS2/c1-12-8-10-15(11-9-12)19-16(23)13(2)24-18-22-21-17(25-18)20-14-6-4-3-5-7-14/h3-11,13H,1-2H3,(H,19,23)(H,20,21)/t13-/m1/s1. The van der Waals surface area contributed by atoms with E-state index in [0.717, 1.165) is 21.3 Å². The van der Waals surface area contributed by atoms with Crippen LogP contribution in [0.25, 0.3) is 0 Å². The van der Waals surface area contributed by atoms with E-state index in [1.165, 1.54) is 23.1 Å². The van der Waals surface area contributed by atoms with Gasteiger partial charge >= 0.3 is 0 Å². The molecule has 7 heteroatoms. The molecular formula is C18H18N4OS2. The fourth-order valence-electron chi connectivity index (χ4n) is 2.04. The number of nitrogens with zero attached hydrogens (tertiary/aromatic N) is 2. The van der Waals surface area contributed by atoms with Crippen LogP contribution in [0.3, 0.4) is 0 Å². The van der Waals surface area contributed by atoms with Gasteiger partial charge in [0, 0.05) is 11.4 Å². The van der Waals surface area contributed by atoms with Crippen molar-refractivity contribution in [3.05, 3.63) is 60.2 Å². The highest BCUT2D eigenvalue weighted by molar-refractivity contribution is 8.02. The van der Waals surface area contributed by atoms with Gasteiger partial charge in [0.1, 0.15) is 0 Å². The lowest BCUT2D eigenvalue weighted by Gasteiger charge is -2.10. The first kappa shape index (κ1) is 17.4. The SMILES string of the molecule is Cc1ccc(NC(=O)[C@@H](C)Sc2nnc(Nc3ccccc3)s2)cc1.